The lowest BCUT2D eigenvalue weighted by Crippen LogP contribution is -2.12. The van der Waals surface area contributed by atoms with Gasteiger partial charge in [0.2, 0.25) is 5.28 Å². The van der Waals surface area contributed by atoms with E-state index in [1.807, 2.05) is 35.8 Å². The molecule has 2 rings (SSSR count). The lowest BCUT2D eigenvalue weighted by Gasteiger charge is -2.11. The molecule has 0 spiro atoms. The summed E-state index contributed by atoms with van der Waals surface area (Å²) in [5, 5.41) is 8.39. The van der Waals surface area contributed by atoms with Crippen LogP contribution in [0, 0.1) is 6.92 Å². The minimum absolute atomic E-state index is 0.291. The number of rotatable bonds is 5. The molecule has 0 saturated heterocycles. The summed E-state index contributed by atoms with van der Waals surface area (Å²) in [5.74, 6) is 2.05. The van der Waals surface area contributed by atoms with Crippen molar-refractivity contribution in [2.45, 2.75) is 33.2 Å². The van der Waals surface area contributed by atoms with Crippen molar-refractivity contribution < 1.29 is 4.74 Å². The van der Waals surface area contributed by atoms with E-state index in [2.05, 4.69) is 24.0 Å². The van der Waals surface area contributed by atoms with Crippen molar-refractivity contribution in [3.05, 3.63) is 40.9 Å². The van der Waals surface area contributed by atoms with Crippen LogP contribution < -0.4 is 4.74 Å². The molecule has 0 saturated carbocycles. The van der Waals surface area contributed by atoms with Crippen molar-refractivity contribution in [3.63, 3.8) is 0 Å². The Kier molecular flexibility index (Phi) is 4.43. The third-order valence-corrected chi connectivity index (χ3v) is 3.10. The average Bonchev–Trinajstić information content (AvgIpc) is 2.71. The molecule has 0 amide bonds. The number of ether oxygens (including phenoxy) is 1. The fourth-order valence-corrected chi connectivity index (χ4v) is 2.10. The maximum absolute atomic E-state index is 6.03. The molecule has 0 atom stereocenters. The molecular weight excluding hydrogens is 262 g/mol. The molecule has 19 heavy (non-hydrogen) atoms. The second-order valence-corrected chi connectivity index (χ2v) is 5.14. The van der Waals surface area contributed by atoms with Crippen molar-refractivity contribution in [1.82, 2.24) is 14.8 Å². The molecule has 1 aromatic heterocycles. The SMILES string of the molecule is Cc1cccc(OCCn2c(Cl)nnc2C(C)C)c1. The molecule has 2 aromatic rings. The van der Waals surface area contributed by atoms with Gasteiger partial charge in [0.05, 0.1) is 6.54 Å². The number of hydrogen-bond acceptors (Lipinski definition) is 3. The highest BCUT2D eigenvalue weighted by Crippen LogP contribution is 2.17. The molecule has 0 aliphatic rings. The largest absolute Gasteiger partial charge is 0.492 e. The van der Waals surface area contributed by atoms with E-state index in [0.29, 0.717) is 24.4 Å². The second-order valence-electron chi connectivity index (χ2n) is 4.80. The Morgan fingerprint density at radius 1 is 1.32 bits per heavy atom. The zero-order valence-electron chi connectivity index (χ0n) is 11.4. The predicted molar refractivity (Wildman–Crippen MR) is 75.8 cm³/mol. The van der Waals surface area contributed by atoms with Gasteiger partial charge in [-0.25, -0.2) is 0 Å². The number of aromatic nitrogens is 3. The van der Waals surface area contributed by atoms with E-state index in [0.717, 1.165) is 11.6 Å². The Labute approximate surface area is 118 Å². The molecule has 4 nitrogen and oxygen atoms in total. The van der Waals surface area contributed by atoms with Crippen LogP contribution >= 0.6 is 11.6 Å². The van der Waals surface area contributed by atoms with Gasteiger partial charge in [-0.05, 0) is 36.2 Å². The third-order valence-electron chi connectivity index (χ3n) is 2.82. The van der Waals surface area contributed by atoms with Crippen LogP contribution in [0.2, 0.25) is 5.28 Å². The van der Waals surface area contributed by atoms with Gasteiger partial charge in [-0.15, -0.1) is 10.2 Å². The summed E-state index contributed by atoms with van der Waals surface area (Å²) < 4.78 is 7.61. The highest BCUT2D eigenvalue weighted by molar-refractivity contribution is 6.28. The number of aryl methyl sites for hydroxylation is 1. The van der Waals surface area contributed by atoms with Crippen LogP contribution in [0.15, 0.2) is 24.3 Å². The zero-order chi connectivity index (χ0) is 13.8. The summed E-state index contributed by atoms with van der Waals surface area (Å²) in [5.41, 5.74) is 1.18. The van der Waals surface area contributed by atoms with E-state index in [-0.39, 0.29) is 0 Å². The molecule has 0 N–H and O–H groups in total. The molecule has 1 heterocycles. The molecule has 0 bridgehead atoms. The van der Waals surface area contributed by atoms with E-state index in [4.69, 9.17) is 16.3 Å². The highest BCUT2D eigenvalue weighted by atomic mass is 35.5. The minimum Gasteiger partial charge on any atom is -0.492 e. The van der Waals surface area contributed by atoms with E-state index in [9.17, 15) is 0 Å². The lowest BCUT2D eigenvalue weighted by atomic mass is 10.2. The molecule has 0 aliphatic carbocycles. The molecule has 1 aromatic carbocycles. The van der Waals surface area contributed by atoms with Crippen LogP contribution in [-0.4, -0.2) is 21.4 Å². The van der Waals surface area contributed by atoms with E-state index < -0.39 is 0 Å². The van der Waals surface area contributed by atoms with Gasteiger partial charge in [-0.2, -0.15) is 0 Å². The second kappa shape index (κ2) is 6.06. The van der Waals surface area contributed by atoms with Gasteiger partial charge in [0.25, 0.3) is 0 Å². The third kappa shape index (κ3) is 3.47. The van der Waals surface area contributed by atoms with Crippen molar-refractivity contribution in [2.24, 2.45) is 0 Å². The van der Waals surface area contributed by atoms with Gasteiger partial charge in [0, 0.05) is 5.92 Å². The predicted octanol–water partition coefficient (Wildman–Crippen LogP) is 3.44. The molecule has 0 radical (unpaired) electrons. The first-order valence-corrected chi connectivity index (χ1v) is 6.74. The summed E-state index contributed by atoms with van der Waals surface area (Å²) in [7, 11) is 0. The molecule has 102 valence electrons. The first-order valence-electron chi connectivity index (χ1n) is 6.36. The lowest BCUT2D eigenvalue weighted by molar-refractivity contribution is 0.295. The summed E-state index contributed by atoms with van der Waals surface area (Å²) in [6, 6.07) is 7.98. The Hall–Kier alpha value is -1.55. The summed E-state index contributed by atoms with van der Waals surface area (Å²) >= 11 is 6.03. The van der Waals surface area contributed by atoms with Crippen LogP contribution in [0.3, 0.4) is 0 Å². The van der Waals surface area contributed by atoms with Crippen LogP contribution in [-0.2, 0) is 6.54 Å². The van der Waals surface area contributed by atoms with Gasteiger partial charge < -0.3 is 4.74 Å². The monoisotopic (exact) mass is 279 g/mol. The molecular formula is C14H18ClN3O. The number of nitrogens with zero attached hydrogens (tertiary/aromatic N) is 3. The van der Waals surface area contributed by atoms with E-state index in [1.165, 1.54) is 5.56 Å². The molecule has 0 aliphatic heterocycles. The Morgan fingerprint density at radius 2 is 2.11 bits per heavy atom. The van der Waals surface area contributed by atoms with Gasteiger partial charge in [0.15, 0.2) is 0 Å². The summed E-state index contributed by atoms with van der Waals surface area (Å²) in [4.78, 5) is 0. The smallest absolute Gasteiger partial charge is 0.225 e. The Bertz CT molecular complexity index is 551. The number of halogens is 1. The van der Waals surface area contributed by atoms with Crippen molar-refractivity contribution >= 4 is 11.6 Å². The zero-order valence-corrected chi connectivity index (χ0v) is 12.2. The molecule has 0 unspecified atom stereocenters. The van der Waals surface area contributed by atoms with Gasteiger partial charge in [-0.3, -0.25) is 4.57 Å². The minimum atomic E-state index is 0.291. The average molecular weight is 280 g/mol. The van der Waals surface area contributed by atoms with E-state index in [1.54, 1.807) is 0 Å². The quantitative estimate of drug-likeness (QED) is 0.842. The maximum atomic E-state index is 6.03. The number of hydrogen-bond donors (Lipinski definition) is 0. The summed E-state index contributed by atoms with van der Waals surface area (Å²) in [6.45, 7) is 7.37. The Morgan fingerprint density at radius 3 is 2.79 bits per heavy atom. The standard InChI is InChI=1S/C14H18ClN3O/c1-10(2)13-16-17-14(15)18(13)7-8-19-12-6-4-5-11(3)9-12/h4-6,9-10H,7-8H2,1-3H3. The fourth-order valence-electron chi connectivity index (χ4n) is 1.89. The summed E-state index contributed by atoms with van der Waals surface area (Å²) in [6.07, 6.45) is 0. The fraction of sp³-hybridized carbons (Fsp3) is 0.429. The molecule has 5 heteroatoms. The first kappa shape index (κ1) is 13.9. The number of benzene rings is 1. The van der Waals surface area contributed by atoms with Gasteiger partial charge in [-0.1, -0.05) is 26.0 Å². The van der Waals surface area contributed by atoms with Crippen molar-refractivity contribution in [1.29, 1.82) is 0 Å². The highest BCUT2D eigenvalue weighted by Gasteiger charge is 2.13. The van der Waals surface area contributed by atoms with Crippen LogP contribution in [0.5, 0.6) is 5.75 Å². The van der Waals surface area contributed by atoms with Crippen molar-refractivity contribution in [3.8, 4) is 5.75 Å². The molecule has 0 fully saturated rings. The van der Waals surface area contributed by atoms with Gasteiger partial charge >= 0.3 is 0 Å². The Balaban J connectivity index is 1.98. The van der Waals surface area contributed by atoms with Gasteiger partial charge in [0.1, 0.15) is 18.2 Å². The van der Waals surface area contributed by atoms with Crippen LogP contribution in [0.1, 0.15) is 31.2 Å². The van der Waals surface area contributed by atoms with E-state index >= 15 is 0 Å². The van der Waals surface area contributed by atoms with Crippen LogP contribution in [0.4, 0.5) is 0 Å². The van der Waals surface area contributed by atoms with Crippen molar-refractivity contribution in [2.75, 3.05) is 6.61 Å². The normalized spacial score (nSPS) is 11.0. The van der Waals surface area contributed by atoms with Crippen LogP contribution in [0.25, 0.3) is 0 Å². The first-order chi connectivity index (χ1) is 9.08. The topological polar surface area (TPSA) is 39.9 Å². The maximum Gasteiger partial charge on any atom is 0.225 e.